The molecule has 0 heterocycles. The highest BCUT2D eigenvalue weighted by Crippen LogP contribution is 2.33. The third-order valence-corrected chi connectivity index (χ3v) is 3.35. The number of benzene rings is 1. The second kappa shape index (κ2) is 4.96. The van der Waals surface area contributed by atoms with Gasteiger partial charge in [0.25, 0.3) is 5.91 Å². The zero-order valence-electron chi connectivity index (χ0n) is 9.87. The Morgan fingerprint density at radius 1 is 1.59 bits per heavy atom. The molecule has 1 amide bonds. The van der Waals surface area contributed by atoms with E-state index in [1.54, 1.807) is 18.2 Å². The van der Waals surface area contributed by atoms with Crippen LogP contribution in [0.4, 0.5) is 5.69 Å². The summed E-state index contributed by atoms with van der Waals surface area (Å²) in [6, 6.07) is 5.17. The highest BCUT2D eigenvalue weighted by molar-refractivity contribution is 6.33. The number of hydrogen-bond donors (Lipinski definition) is 2. The Morgan fingerprint density at radius 2 is 2.29 bits per heavy atom. The van der Waals surface area contributed by atoms with Gasteiger partial charge in [0.1, 0.15) is 0 Å². The molecule has 1 fully saturated rings. The fraction of sp³-hybridized carbons (Fsp3) is 0.462. The number of carbonyl (C=O) groups excluding carboxylic acids is 1. The molecular formula is C13H17ClN2O. The van der Waals surface area contributed by atoms with Crippen molar-refractivity contribution in [1.29, 1.82) is 0 Å². The van der Waals surface area contributed by atoms with Crippen LogP contribution in [0.25, 0.3) is 0 Å². The van der Waals surface area contributed by atoms with E-state index in [1.807, 2.05) is 6.92 Å². The lowest BCUT2D eigenvalue weighted by Crippen LogP contribution is -2.32. The van der Waals surface area contributed by atoms with Crippen molar-refractivity contribution in [3.05, 3.63) is 28.8 Å². The number of rotatable bonds is 4. The van der Waals surface area contributed by atoms with Gasteiger partial charge >= 0.3 is 0 Å². The maximum Gasteiger partial charge on any atom is 0.251 e. The lowest BCUT2D eigenvalue weighted by Gasteiger charge is -2.13. The van der Waals surface area contributed by atoms with Crippen LogP contribution in [0, 0.1) is 5.92 Å². The number of nitrogens with one attached hydrogen (secondary N) is 1. The van der Waals surface area contributed by atoms with E-state index in [0.29, 0.717) is 16.3 Å². The van der Waals surface area contributed by atoms with E-state index in [4.69, 9.17) is 17.3 Å². The maximum absolute atomic E-state index is 11.9. The molecule has 1 aliphatic carbocycles. The summed E-state index contributed by atoms with van der Waals surface area (Å²) in [6.07, 6.45) is 3.66. The van der Waals surface area contributed by atoms with Crippen LogP contribution in [0.3, 0.4) is 0 Å². The molecule has 0 radical (unpaired) electrons. The Morgan fingerprint density at radius 3 is 2.88 bits per heavy atom. The van der Waals surface area contributed by atoms with Gasteiger partial charge in [0.05, 0.1) is 10.7 Å². The Kier molecular flexibility index (Phi) is 3.57. The topological polar surface area (TPSA) is 55.1 Å². The summed E-state index contributed by atoms with van der Waals surface area (Å²) in [5.41, 5.74) is 6.66. The lowest BCUT2D eigenvalue weighted by atomic mass is 10.1. The first-order chi connectivity index (χ1) is 8.06. The SMILES string of the molecule is CC(CC1CC1)NC(=O)c1ccc(N)c(Cl)c1. The number of carbonyl (C=O) groups is 1. The number of anilines is 1. The van der Waals surface area contributed by atoms with Gasteiger partial charge in [0.15, 0.2) is 0 Å². The molecule has 1 unspecified atom stereocenters. The minimum atomic E-state index is -0.0833. The van der Waals surface area contributed by atoms with Crippen LogP contribution < -0.4 is 11.1 Å². The van der Waals surface area contributed by atoms with Crippen molar-refractivity contribution in [1.82, 2.24) is 5.32 Å². The molecule has 1 aromatic carbocycles. The summed E-state index contributed by atoms with van der Waals surface area (Å²) < 4.78 is 0. The number of amides is 1. The molecule has 3 N–H and O–H groups in total. The van der Waals surface area contributed by atoms with Gasteiger partial charge in [-0.2, -0.15) is 0 Å². The van der Waals surface area contributed by atoms with Crippen molar-refractivity contribution >= 4 is 23.2 Å². The molecule has 1 aliphatic rings. The zero-order chi connectivity index (χ0) is 12.4. The van der Waals surface area contributed by atoms with E-state index in [9.17, 15) is 4.79 Å². The predicted octanol–water partition coefficient (Wildman–Crippen LogP) is 2.84. The van der Waals surface area contributed by atoms with Crippen molar-refractivity contribution in [2.45, 2.75) is 32.2 Å². The number of halogens is 1. The second-order valence-corrected chi connectivity index (χ2v) is 5.20. The first-order valence-corrected chi connectivity index (χ1v) is 6.30. The third kappa shape index (κ3) is 3.37. The van der Waals surface area contributed by atoms with Crippen molar-refractivity contribution in [2.24, 2.45) is 5.92 Å². The Bertz CT molecular complexity index is 429. The van der Waals surface area contributed by atoms with Gasteiger partial charge in [-0.3, -0.25) is 4.79 Å². The average Bonchev–Trinajstić information content (AvgIpc) is 3.05. The van der Waals surface area contributed by atoms with Crippen LogP contribution in [0.2, 0.25) is 5.02 Å². The zero-order valence-corrected chi connectivity index (χ0v) is 10.6. The van der Waals surface area contributed by atoms with Gasteiger partial charge in [0, 0.05) is 11.6 Å². The van der Waals surface area contributed by atoms with Crippen LogP contribution in [-0.2, 0) is 0 Å². The minimum absolute atomic E-state index is 0.0833. The fourth-order valence-electron chi connectivity index (χ4n) is 1.89. The van der Waals surface area contributed by atoms with Gasteiger partial charge in [-0.05, 0) is 37.5 Å². The molecule has 0 bridgehead atoms. The van der Waals surface area contributed by atoms with E-state index < -0.39 is 0 Å². The van der Waals surface area contributed by atoms with Gasteiger partial charge < -0.3 is 11.1 Å². The molecule has 17 heavy (non-hydrogen) atoms. The third-order valence-electron chi connectivity index (χ3n) is 3.02. The summed E-state index contributed by atoms with van der Waals surface area (Å²) >= 11 is 5.88. The molecule has 1 saturated carbocycles. The van der Waals surface area contributed by atoms with Crippen LogP contribution >= 0.6 is 11.6 Å². The van der Waals surface area contributed by atoms with Crippen molar-refractivity contribution in [2.75, 3.05) is 5.73 Å². The van der Waals surface area contributed by atoms with E-state index in [1.165, 1.54) is 12.8 Å². The second-order valence-electron chi connectivity index (χ2n) is 4.79. The van der Waals surface area contributed by atoms with Gasteiger partial charge in [-0.1, -0.05) is 24.4 Å². The summed E-state index contributed by atoms with van der Waals surface area (Å²) in [5, 5.41) is 3.40. The molecule has 1 aromatic rings. The molecule has 1 atom stereocenters. The van der Waals surface area contributed by atoms with Crippen molar-refractivity contribution in [3.63, 3.8) is 0 Å². The fourth-order valence-corrected chi connectivity index (χ4v) is 2.07. The monoisotopic (exact) mass is 252 g/mol. The summed E-state index contributed by atoms with van der Waals surface area (Å²) in [6.45, 7) is 2.04. The number of hydrogen-bond acceptors (Lipinski definition) is 2. The molecule has 4 heteroatoms. The Balaban J connectivity index is 1.95. The first-order valence-electron chi connectivity index (χ1n) is 5.92. The predicted molar refractivity (Wildman–Crippen MR) is 70.1 cm³/mol. The van der Waals surface area contributed by atoms with Crippen LogP contribution in [0.5, 0.6) is 0 Å². The summed E-state index contributed by atoms with van der Waals surface area (Å²) in [4.78, 5) is 11.9. The molecule has 0 aromatic heterocycles. The van der Waals surface area contributed by atoms with Crippen molar-refractivity contribution in [3.8, 4) is 0 Å². The Hall–Kier alpha value is -1.22. The van der Waals surface area contributed by atoms with E-state index in [0.717, 1.165) is 12.3 Å². The molecule has 2 rings (SSSR count). The van der Waals surface area contributed by atoms with Crippen LogP contribution in [-0.4, -0.2) is 11.9 Å². The van der Waals surface area contributed by atoms with Crippen molar-refractivity contribution < 1.29 is 4.79 Å². The average molecular weight is 253 g/mol. The maximum atomic E-state index is 11.9. The quantitative estimate of drug-likeness (QED) is 0.810. The highest BCUT2D eigenvalue weighted by atomic mass is 35.5. The molecule has 0 spiro atoms. The summed E-state index contributed by atoms with van der Waals surface area (Å²) in [5.74, 6) is 0.723. The molecule has 0 saturated heterocycles. The molecule has 0 aliphatic heterocycles. The molecule has 3 nitrogen and oxygen atoms in total. The largest absolute Gasteiger partial charge is 0.398 e. The van der Waals surface area contributed by atoms with Gasteiger partial charge in [-0.15, -0.1) is 0 Å². The first kappa shape index (κ1) is 12.2. The lowest BCUT2D eigenvalue weighted by molar-refractivity contribution is 0.0937. The highest BCUT2D eigenvalue weighted by Gasteiger charge is 2.24. The Labute approximate surface area is 106 Å². The van der Waals surface area contributed by atoms with Crippen LogP contribution in [0.1, 0.15) is 36.5 Å². The van der Waals surface area contributed by atoms with Gasteiger partial charge in [-0.25, -0.2) is 0 Å². The number of nitrogens with two attached hydrogens (primary N) is 1. The molecule has 92 valence electrons. The number of nitrogen functional groups attached to an aromatic ring is 1. The molecular weight excluding hydrogens is 236 g/mol. The van der Waals surface area contributed by atoms with E-state index >= 15 is 0 Å². The van der Waals surface area contributed by atoms with E-state index in [2.05, 4.69) is 5.32 Å². The standard InChI is InChI=1S/C13H17ClN2O/c1-8(6-9-2-3-9)16-13(17)10-4-5-12(15)11(14)7-10/h4-5,7-9H,2-3,6,15H2,1H3,(H,16,17). The minimum Gasteiger partial charge on any atom is -0.398 e. The smallest absolute Gasteiger partial charge is 0.251 e. The van der Waals surface area contributed by atoms with Gasteiger partial charge in [0.2, 0.25) is 0 Å². The van der Waals surface area contributed by atoms with Crippen LogP contribution in [0.15, 0.2) is 18.2 Å². The normalized spacial score (nSPS) is 16.6. The van der Waals surface area contributed by atoms with E-state index in [-0.39, 0.29) is 11.9 Å². The summed E-state index contributed by atoms with van der Waals surface area (Å²) in [7, 11) is 0.